The Labute approximate surface area is 167 Å². The third kappa shape index (κ3) is 4.97. The lowest BCUT2D eigenvalue weighted by Gasteiger charge is -2.20. The average Bonchev–Trinajstić information content (AvgIpc) is 2.97. The number of hydrogen-bond acceptors (Lipinski definition) is 3. The highest BCUT2D eigenvalue weighted by atomic mass is 16.2. The van der Waals surface area contributed by atoms with Crippen LogP contribution in [-0.4, -0.2) is 34.8 Å². The molecular formula is C23H29N3O2. The minimum Gasteiger partial charge on any atom is -0.339 e. The Kier molecular flexibility index (Phi) is 6.12. The molecule has 0 aliphatic carbocycles. The van der Waals surface area contributed by atoms with Gasteiger partial charge in [0, 0.05) is 31.2 Å². The Morgan fingerprint density at radius 3 is 2.14 bits per heavy atom. The number of carbonyl (C=O) groups excluding carboxylic acids is 2. The topological polar surface area (TPSA) is 62.3 Å². The van der Waals surface area contributed by atoms with Crippen LogP contribution in [0.1, 0.15) is 72.7 Å². The van der Waals surface area contributed by atoms with Crippen molar-refractivity contribution in [3.63, 3.8) is 0 Å². The first-order chi connectivity index (χ1) is 13.3. The fourth-order valence-electron chi connectivity index (χ4n) is 3.39. The van der Waals surface area contributed by atoms with Crippen molar-refractivity contribution in [2.45, 2.75) is 51.9 Å². The summed E-state index contributed by atoms with van der Waals surface area (Å²) >= 11 is 0. The van der Waals surface area contributed by atoms with E-state index in [0.29, 0.717) is 11.1 Å². The number of pyridine rings is 1. The van der Waals surface area contributed by atoms with E-state index in [0.717, 1.165) is 31.6 Å². The van der Waals surface area contributed by atoms with Crippen molar-refractivity contribution >= 4 is 17.5 Å². The van der Waals surface area contributed by atoms with E-state index in [1.807, 2.05) is 29.2 Å². The lowest BCUT2D eigenvalue weighted by Crippen LogP contribution is -2.32. The van der Waals surface area contributed by atoms with Gasteiger partial charge in [0.1, 0.15) is 0 Å². The highest BCUT2D eigenvalue weighted by Crippen LogP contribution is 2.23. The molecule has 1 aliphatic rings. The van der Waals surface area contributed by atoms with Gasteiger partial charge in [-0.2, -0.15) is 0 Å². The zero-order valence-corrected chi connectivity index (χ0v) is 17.0. The molecule has 0 atom stereocenters. The molecule has 148 valence electrons. The number of hydrogen-bond donors (Lipinski definition) is 1. The van der Waals surface area contributed by atoms with Crippen LogP contribution in [0.2, 0.25) is 0 Å². The van der Waals surface area contributed by atoms with Gasteiger partial charge < -0.3 is 10.2 Å². The summed E-state index contributed by atoms with van der Waals surface area (Å²) in [4.78, 5) is 31.4. The summed E-state index contributed by atoms with van der Waals surface area (Å²) in [5, 5.41) is 2.89. The molecule has 0 spiro atoms. The van der Waals surface area contributed by atoms with E-state index in [-0.39, 0.29) is 17.2 Å². The monoisotopic (exact) mass is 379 g/mol. The van der Waals surface area contributed by atoms with Crippen LogP contribution in [0.15, 0.2) is 42.7 Å². The Morgan fingerprint density at radius 1 is 0.929 bits per heavy atom. The molecule has 28 heavy (non-hydrogen) atoms. The molecule has 2 aromatic rings. The van der Waals surface area contributed by atoms with E-state index in [2.05, 4.69) is 31.1 Å². The molecule has 3 rings (SSSR count). The molecule has 0 saturated carbocycles. The predicted octanol–water partition coefficient (Wildman–Crippen LogP) is 4.65. The normalized spacial score (nSPS) is 15.0. The molecule has 1 N–H and O–H groups in total. The summed E-state index contributed by atoms with van der Waals surface area (Å²) in [5.74, 6) is -0.305. The summed E-state index contributed by atoms with van der Waals surface area (Å²) in [7, 11) is 0. The summed E-state index contributed by atoms with van der Waals surface area (Å²) in [6.45, 7) is 8.00. The lowest BCUT2D eigenvalue weighted by atomic mass is 9.87. The number of aromatic nitrogens is 1. The van der Waals surface area contributed by atoms with Crippen molar-refractivity contribution in [2.75, 3.05) is 18.4 Å². The number of nitrogens with one attached hydrogen (secondary N) is 1. The second-order valence-corrected chi connectivity index (χ2v) is 8.45. The molecule has 1 saturated heterocycles. The van der Waals surface area contributed by atoms with E-state index in [1.165, 1.54) is 24.6 Å². The number of benzene rings is 1. The fourth-order valence-corrected chi connectivity index (χ4v) is 3.39. The summed E-state index contributed by atoms with van der Waals surface area (Å²) in [6, 6.07) is 9.48. The highest BCUT2D eigenvalue weighted by Gasteiger charge is 2.19. The minimum atomic E-state index is -0.262. The van der Waals surface area contributed by atoms with Crippen molar-refractivity contribution in [2.24, 2.45) is 0 Å². The van der Waals surface area contributed by atoms with Crippen molar-refractivity contribution in [1.29, 1.82) is 0 Å². The highest BCUT2D eigenvalue weighted by molar-refractivity contribution is 6.05. The first-order valence-electron chi connectivity index (χ1n) is 10.0. The minimum absolute atomic E-state index is 0.0430. The van der Waals surface area contributed by atoms with Crippen molar-refractivity contribution in [1.82, 2.24) is 9.88 Å². The van der Waals surface area contributed by atoms with Crippen LogP contribution in [0.3, 0.4) is 0 Å². The van der Waals surface area contributed by atoms with Crippen molar-refractivity contribution in [3.05, 3.63) is 59.4 Å². The lowest BCUT2D eigenvalue weighted by molar-refractivity contribution is 0.0761. The predicted molar refractivity (Wildman–Crippen MR) is 112 cm³/mol. The maximum absolute atomic E-state index is 12.8. The average molecular weight is 380 g/mol. The molecule has 5 nitrogen and oxygen atoms in total. The number of nitrogens with zero attached hydrogens (tertiary/aromatic N) is 2. The Bertz CT molecular complexity index is 830. The Balaban J connectivity index is 1.70. The van der Waals surface area contributed by atoms with E-state index < -0.39 is 0 Å². The third-order valence-electron chi connectivity index (χ3n) is 5.15. The van der Waals surface area contributed by atoms with Gasteiger partial charge in [0.25, 0.3) is 11.8 Å². The van der Waals surface area contributed by atoms with E-state index >= 15 is 0 Å². The van der Waals surface area contributed by atoms with Crippen LogP contribution < -0.4 is 5.32 Å². The quantitative estimate of drug-likeness (QED) is 0.844. The number of rotatable bonds is 3. The van der Waals surface area contributed by atoms with Crippen LogP contribution in [0.5, 0.6) is 0 Å². The van der Waals surface area contributed by atoms with E-state index in [1.54, 1.807) is 12.3 Å². The zero-order valence-electron chi connectivity index (χ0n) is 17.0. The molecule has 0 bridgehead atoms. The van der Waals surface area contributed by atoms with Gasteiger partial charge in [0.2, 0.25) is 0 Å². The molecule has 2 amide bonds. The van der Waals surface area contributed by atoms with Gasteiger partial charge >= 0.3 is 0 Å². The SMILES string of the molecule is CC(C)(C)c1ccc(NC(=O)c2cncc(C(=O)N3CCCCCC3)c2)cc1. The van der Waals surface area contributed by atoms with Crippen molar-refractivity contribution in [3.8, 4) is 0 Å². The molecule has 2 heterocycles. The van der Waals surface area contributed by atoms with Crippen LogP contribution in [0.25, 0.3) is 0 Å². The van der Waals surface area contributed by atoms with Gasteiger partial charge in [-0.1, -0.05) is 45.7 Å². The van der Waals surface area contributed by atoms with Gasteiger partial charge in [0.05, 0.1) is 11.1 Å². The molecule has 5 heteroatoms. The van der Waals surface area contributed by atoms with E-state index in [9.17, 15) is 9.59 Å². The summed E-state index contributed by atoms with van der Waals surface area (Å²) < 4.78 is 0. The first-order valence-corrected chi connectivity index (χ1v) is 10.0. The Morgan fingerprint density at radius 2 is 1.54 bits per heavy atom. The molecule has 0 unspecified atom stereocenters. The summed E-state index contributed by atoms with van der Waals surface area (Å²) in [6.07, 6.45) is 7.44. The third-order valence-corrected chi connectivity index (χ3v) is 5.15. The molecule has 1 aromatic heterocycles. The first kappa shape index (κ1) is 20.1. The second kappa shape index (κ2) is 8.55. The maximum atomic E-state index is 12.8. The Hall–Kier alpha value is -2.69. The second-order valence-electron chi connectivity index (χ2n) is 8.45. The van der Waals surface area contributed by atoms with Crippen LogP contribution in [0.4, 0.5) is 5.69 Å². The zero-order chi connectivity index (χ0) is 20.1. The van der Waals surface area contributed by atoms with Gasteiger partial charge in [-0.15, -0.1) is 0 Å². The largest absolute Gasteiger partial charge is 0.339 e. The molecule has 1 fully saturated rings. The standard InChI is InChI=1S/C23H29N3O2/c1-23(2,3)19-8-10-20(11-9-19)25-21(27)17-14-18(16-24-15-17)22(28)26-12-6-4-5-7-13-26/h8-11,14-16H,4-7,12-13H2,1-3H3,(H,25,27). The number of amides is 2. The molecule has 0 radical (unpaired) electrons. The number of likely N-dealkylation sites (tertiary alicyclic amines) is 1. The van der Waals surface area contributed by atoms with Crippen LogP contribution in [0, 0.1) is 0 Å². The van der Waals surface area contributed by atoms with E-state index in [4.69, 9.17) is 0 Å². The number of anilines is 1. The van der Waals surface area contributed by atoms with Gasteiger partial charge in [-0.3, -0.25) is 14.6 Å². The van der Waals surface area contributed by atoms with Crippen LogP contribution in [-0.2, 0) is 5.41 Å². The smallest absolute Gasteiger partial charge is 0.257 e. The van der Waals surface area contributed by atoms with Gasteiger partial charge in [-0.25, -0.2) is 0 Å². The number of carbonyl (C=O) groups is 2. The maximum Gasteiger partial charge on any atom is 0.257 e. The molecule has 1 aromatic carbocycles. The van der Waals surface area contributed by atoms with Crippen LogP contribution >= 0.6 is 0 Å². The van der Waals surface area contributed by atoms with Gasteiger partial charge in [-0.05, 0) is 42.0 Å². The van der Waals surface area contributed by atoms with Crippen molar-refractivity contribution < 1.29 is 9.59 Å². The molecule has 1 aliphatic heterocycles. The van der Waals surface area contributed by atoms with Gasteiger partial charge in [0.15, 0.2) is 0 Å². The summed E-state index contributed by atoms with van der Waals surface area (Å²) in [5.41, 5.74) is 2.85. The molecular weight excluding hydrogens is 350 g/mol. The fraction of sp³-hybridized carbons (Fsp3) is 0.435.